The van der Waals surface area contributed by atoms with Crippen molar-refractivity contribution in [1.82, 2.24) is 15.0 Å². The molecule has 1 aromatic carbocycles. The second-order valence-electron chi connectivity index (χ2n) is 6.49. The Balaban J connectivity index is 1.65. The first-order chi connectivity index (χ1) is 15.1. The van der Waals surface area contributed by atoms with Gasteiger partial charge in [-0.3, -0.25) is 4.79 Å². The number of hydrogen-bond donors (Lipinski definition) is 2. The topological polar surface area (TPSA) is 97.4 Å². The lowest BCUT2D eigenvalue weighted by molar-refractivity contribution is -0.154. The molecule has 0 aliphatic heterocycles. The Labute approximate surface area is 186 Å². The van der Waals surface area contributed by atoms with Gasteiger partial charge in [0.2, 0.25) is 15.9 Å². The number of nitrogens with one attached hydrogen (secondary N) is 2. The van der Waals surface area contributed by atoms with E-state index in [0.29, 0.717) is 0 Å². The van der Waals surface area contributed by atoms with Crippen LogP contribution in [-0.2, 0) is 23.1 Å². The average Bonchev–Trinajstić information content (AvgIpc) is 3.28. The van der Waals surface area contributed by atoms with Crippen molar-refractivity contribution in [2.24, 2.45) is 0 Å². The smallest absolute Gasteiger partial charge is 0.422 e. The maximum Gasteiger partial charge on any atom is 0.422 e. The summed E-state index contributed by atoms with van der Waals surface area (Å²) in [6.07, 6.45) is -3.25. The molecule has 3 aromatic rings. The predicted octanol–water partition coefficient (Wildman–Crippen LogP) is 3.49. The second-order valence-corrected chi connectivity index (χ2v) is 9.29. The van der Waals surface area contributed by atoms with Gasteiger partial charge < -0.3 is 10.1 Å². The number of sulfonamides is 1. The fraction of sp³-hybridized carbons (Fsp3) is 0.200. The highest BCUT2D eigenvalue weighted by Crippen LogP contribution is 2.20. The summed E-state index contributed by atoms with van der Waals surface area (Å²) in [5.41, 5.74) is 0.317. The Morgan fingerprint density at radius 1 is 1.09 bits per heavy atom. The van der Waals surface area contributed by atoms with E-state index in [1.165, 1.54) is 53.9 Å². The van der Waals surface area contributed by atoms with Crippen molar-refractivity contribution in [1.29, 1.82) is 0 Å². The SMILES string of the molecule is O=C(NCc1cccnc1OCC(F)(F)F)c1cccc(S(=O)(=O)NCc2cccs2)c1. The molecule has 2 N–H and O–H groups in total. The van der Waals surface area contributed by atoms with Gasteiger partial charge in [0.25, 0.3) is 5.91 Å². The molecule has 3 rings (SSSR count). The number of rotatable bonds is 9. The Morgan fingerprint density at radius 3 is 2.62 bits per heavy atom. The molecule has 7 nitrogen and oxygen atoms in total. The van der Waals surface area contributed by atoms with Crippen molar-refractivity contribution in [2.45, 2.75) is 24.2 Å². The molecule has 12 heteroatoms. The number of amides is 1. The van der Waals surface area contributed by atoms with Crippen LogP contribution >= 0.6 is 11.3 Å². The molecule has 0 unspecified atom stereocenters. The quantitative estimate of drug-likeness (QED) is 0.484. The number of thiophene rings is 1. The van der Waals surface area contributed by atoms with E-state index in [-0.39, 0.29) is 35.0 Å². The molecule has 0 saturated carbocycles. The van der Waals surface area contributed by atoms with E-state index in [4.69, 9.17) is 0 Å². The summed E-state index contributed by atoms with van der Waals surface area (Å²) in [5, 5.41) is 4.36. The van der Waals surface area contributed by atoms with Gasteiger partial charge in [0.15, 0.2) is 6.61 Å². The van der Waals surface area contributed by atoms with E-state index >= 15 is 0 Å². The number of halogens is 3. The molecule has 2 aromatic heterocycles. The lowest BCUT2D eigenvalue weighted by Crippen LogP contribution is -2.26. The van der Waals surface area contributed by atoms with Crippen LogP contribution in [-0.4, -0.2) is 32.1 Å². The average molecular weight is 486 g/mol. The van der Waals surface area contributed by atoms with Gasteiger partial charge in [-0.25, -0.2) is 18.1 Å². The molecule has 0 radical (unpaired) electrons. The van der Waals surface area contributed by atoms with E-state index < -0.39 is 28.7 Å². The first-order valence-electron chi connectivity index (χ1n) is 9.18. The molecule has 0 spiro atoms. The lowest BCUT2D eigenvalue weighted by Gasteiger charge is -2.13. The zero-order valence-electron chi connectivity index (χ0n) is 16.4. The molecular weight excluding hydrogens is 467 g/mol. The first kappa shape index (κ1) is 23.7. The molecule has 2 heterocycles. The maximum absolute atomic E-state index is 12.5. The van der Waals surface area contributed by atoms with Crippen LogP contribution in [0.4, 0.5) is 13.2 Å². The number of ether oxygens (including phenoxy) is 1. The Hall–Kier alpha value is -2.96. The van der Waals surface area contributed by atoms with Gasteiger partial charge in [-0.2, -0.15) is 13.2 Å². The molecule has 0 bridgehead atoms. The summed E-state index contributed by atoms with van der Waals surface area (Å²) in [6.45, 7) is -1.55. The summed E-state index contributed by atoms with van der Waals surface area (Å²) in [7, 11) is -3.85. The normalized spacial score (nSPS) is 11.8. The summed E-state index contributed by atoms with van der Waals surface area (Å²) < 4.78 is 69.4. The zero-order chi connectivity index (χ0) is 23.2. The molecule has 1 amide bonds. The molecule has 0 aliphatic carbocycles. The molecule has 0 saturated heterocycles. The molecule has 0 aliphatic rings. The van der Waals surface area contributed by atoms with Gasteiger partial charge in [0.1, 0.15) is 0 Å². The monoisotopic (exact) mass is 485 g/mol. The third-order valence-electron chi connectivity index (χ3n) is 4.08. The third-order valence-corrected chi connectivity index (χ3v) is 6.36. The molecule has 32 heavy (non-hydrogen) atoms. The fourth-order valence-corrected chi connectivity index (χ4v) is 4.37. The van der Waals surface area contributed by atoms with E-state index in [0.717, 1.165) is 4.88 Å². The number of benzene rings is 1. The van der Waals surface area contributed by atoms with E-state index in [9.17, 15) is 26.4 Å². The van der Waals surface area contributed by atoms with Crippen LogP contribution in [0, 0.1) is 0 Å². The van der Waals surface area contributed by atoms with Crippen LogP contribution in [0.25, 0.3) is 0 Å². The number of carbonyl (C=O) groups excluding carboxylic acids is 1. The van der Waals surface area contributed by atoms with Crippen molar-refractivity contribution in [3.05, 3.63) is 76.1 Å². The lowest BCUT2D eigenvalue weighted by atomic mass is 10.2. The summed E-state index contributed by atoms with van der Waals surface area (Å²) in [4.78, 5) is 17.0. The minimum Gasteiger partial charge on any atom is -0.468 e. The van der Waals surface area contributed by atoms with Crippen LogP contribution in [0.5, 0.6) is 5.88 Å². The number of alkyl halides is 3. The Morgan fingerprint density at radius 2 is 1.91 bits per heavy atom. The zero-order valence-corrected chi connectivity index (χ0v) is 18.1. The van der Waals surface area contributed by atoms with Crippen molar-refractivity contribution in [2.75, 3.05) is 6.61 Å². The van der Waals surface area contributed by atoms with E-state index in [1.807, 2.05) is 5.38 Å². The Bertz CT molecular complexity index is 1170. The van der Waals surface area contributed by atoms with Crippen molar-refractivity contribution < 1.29 is 31.1 Å². The van der Waals surface area contributed by atoms with Gasteiger partial charge in [-0.15, -0.1) is 11.3 Å². The number of carbonyl (C=O) groups is 1. The number of pyridine rings is 1. The summed E-state index contributed by atoms with van der Waals surface area (Å²) >= 11 is 1.41. The minimum absolute atomic E-state index is 0.0747. The van der Waals surface area contributed by atoms with Gasteiger partial charge >= 0.3 is 6.18 Å². The van der Waals surface area contributed by atoms with Crippen LogP contribution in [0.3, 0.4) is 0 Å². The Kier molecular flexibility index (Phi) is 7.48. The van der Waals surface area contributed by atoms with E-state index in [2.05, 4.69) is 19.8 Å². The molecule has 0 fully saturated rings. The van der Waals surface area contributed by atoms with Crippen molar-refractivity contribution >= 4 is 27.3 Å². The van der Waals surface area contributed by atoms with Crippen molar-refractivity contribution in [3.8, 4) is 5.88 Å². The molecular formula is C20H18F3N3O4S2. The first-order valence-corrected chi connectivity index (χ1v) is 11.5. The second kappa shape index (κ2) is 10.1. The largest absolute Gasteiger partial charge is 0.468 e. The summed E-state index contributed by atoms with van der Waals surface area (Å²) in [5.74, 6) is -0.856. The molecule has 0 atom stereocenters. The fourth-order valence-electron chi connectivity index (χ4n) is 2.58. The minimum atomic E-state index is -4.53. The maximum atomic E-state index is 12.5. The van der Waals surface area contributed by atoms with Gasteiger partial charge in [-0.05, 0) is 35.7 Å². The highest BCUT2D eigenvalue weighted by Gasteiger charge is 2.29. The van der Waals surface area contributed by atoms with E-state index in [1.54, 1.807) is 12.1 Å². The van der Waals surface area contributed by atoms with Gasteiger partial charge in [-0.1, -0.05) is 18.2 Å². The number of hydrogen-bond acceptors (Lipinski definition) is 6. The van der Waals surface area contributed by atoms with Crippen LogP contribution in [0.2, 0.25) is 0 Å². The standard InChI is InChI=1S/C20H18F3N3O4S2/c21-20(22,23)13-30-19-15(5-2-8-24-19)11-25-18(27)14-4-1-7-17(10-14)32(28,29)26-12-16-6-3-9-31-16/h1-10,26H,11-13H2,(H,25,27). The van der Waals surface area contributed by atoms with Crippen LogP contribution < -0.4 is 14.8 Å². The van der Waals surface area contributed by atoms with Gasteiger partial charge in [0.05, 0.1) is 4.90 Å². The summed E-state index contributed by atoms with van der Waals surface area (Å²) in [6, 6.07) is 12.0. The van der Waals surface area contributed by atoms with Crippen LogP contribution in [0.1, 0.15) is 20.8 Å². The predicted molar refractivity (Wildman–Crippen MR) is 112 cm³/mol. The third kappa shape index (κ3) is 6.77. The number of nitrogens with zero attached hydrogens (tertiary/aromatic N) is 1. The van der Waals surface area contributed by atoms with Crippen LogP contribution in [0.15, 0.2) is 65.0 Å². The van der Waals surface area contributed by atoms with Gasteiger partial charge in [0, 0.05) is 35.3 Å². The highest BCUT2D eigenvalue weighted by atomic mass is 32.2. The highest BCUT2D eigenvalue weighted by molar-refractivity contribution is 7.89. The van der Waals surface area contributed by atoms with Crippen molar-refractivity contribution in [3.63, 3.8) is 0 Å². The molecule has 170 valence electrons. The number of aromatic nitrogens is 1.